The average Bonchev–Trinajstić information content (AvgIpc) is 3.17. The lowest BCUT2D eigenvalue weighted by Gasteiger charge is -2.36. The Morgan fingerprint density at radius 3 is 2.74 bits per heavy atom. The van der Waals surface area contributed by atoms with Gasteiger partial charge in [-0.15, -0.1) is 0 Å². The van der Waals surface area contributed by atoms with Crippen LogP contribution in [0, 0.1) is 0 Å². The molecule has 1 aliphatic heterocycles. The van der Waals surface area contributed by atoms with E-state index in [2.05, 4.69) is 15.4 Å². The maximum atomic E-state index is 13.1. The Bertz CT molecular complexity index is 982. The molecule has 1 fully saturated rings. The minimum absolute atomic E-state index is 0.0175. The highest BCUT2D eigenvalue weighted by atomic mass is 16.2. The van der Waals surface area contributed by atoms with E-state index in [0.29, 0.717) is 23.3 Å². The molecular formula is C20H21N5O2. The van der Waals surface area contributed by atoms with E-state index in [9.17, 15) is 9.59 Å². The molecule has 0 unspecified atom stereocenters. The van der Waals surface area contributed by atoms with Gasteiger partial charge < -0.3 is 10.2 Å². The van der Waals surface area contributed by atoms with Crippen LogP contribution < -0.4 is 5.32 Å². The highest BCUT2D eigenvalue weighted by Gasteiger charge is 2.31. The number of benzene rings is 1. The van der Waals surface area contributed by atoms with Crippen molar-refractivity contribution in [3.63, 3.8) is 0 Å². The molecule has 27 heavy (non-hydrogen) atoms. The van der Waals surface area contributed by atoms with Gasteiger partial charge in [-0.25, -0.2) is 9.50 Å². The first-order valence-electron chi connectivity index (χ1n) is 9.11. The van der Waals surface area contributed by atoms with E-state index in [1.165, 1.54) is 6.20 Å². The topological polar surface area (TPSA) is 79.6 Å². The second-order valence-electron chi connectivity index (χ2n) is 6.62. The second-order valence-corrected chi connectivity index (χ2v) is 6.62. The Hall–Kier alpha value is -3.22. The van der Waals surface area contributed by atoms with Crippen LogP contribution in [0.3, 0.4) is 0 Å². The fourth-order valence-corrected chi connectivity index (χ4v) is 3.69. The minimum atomic E-state index is -0.226. The molecule has 7 nitrogen and oxygen atoms in total. The molecule has 2 aromatic heterocycles. The van der Waals surface area contributed by atoms with E-state index in [4.69, 9.17) is 0 Å². The summed E-state index contributed by atoms with van der Waals surface area (Å²) in [4.78, 5) is 31.4. The smallest absolute Gasteiger partial charge is 0.256 e. The number of aromatic nitrogens is 3. The molecule has 1 aromatic carbocycles. The van der Waals surface area contributed by atoms with Gasteiger partial charge in [0.25, 0.3) is 11.8 Å². The number of carbonyl (C=O) groups excluding carboxylic acids is 2. The Morgan fingerprint density at radius 2 is 1.96 bits per heavy atom. The van der Waals surface area contributed by atoms with Crippen molar-refractivity contribution in [1.82, 2.24) is 24.8 Å². The van der Waals surface area contributed by atoms with Gasteiger partial charge in [0.2, 0.25) is 0 Å². The van der Waals surface area contributed by atoms with Crippen molar-refractivity contribution in [1.29, 1.82) is 0 Å². The molecule has 0 spiro atoms. The van der Waals surface area contributed by atoms with Gasteiger partial charge in [0, 0.05) is 25.4 Å². The van der Waals surface area contributed by atoms with Crippen LogP contribution in [0.15, 0.2) is 48.8 Å². The summed E-state index contributed by atoms with van der Waals surface area (Å²) in [5, 5.41) is 6.99. The average molecular weight is 363 g/mol. The zero-order valence-corrected chi connectivity index (χ0v) is 15.1. The third kappa shape index (κ3) is 3.05. The molecule has 1 N–H and O–H groups in total. The van der Waals surface area contributed by atoms with Crippen LogP contribution in [0.2, 0.25) is 0 Å². The van der Waals surface area contributed by atoms with Crippen LogP contribution in [0.1, 0.15) is 51.7 Å². The quantitative estimate of drug-likeness (QED) is 0.775. The second kappa shape index (κ2) is 7.19. The molecule has 0 bridgehead atoms. The molecule has 1 atom stereocenters. The Morgan fingerprint density at radius 1 is 1.15 bits per heavy atom. The van der Waals surface area contributed by atoms with E-state index < -0.39 is 0 Å². The summed E-state index contributed by atoms with van der Waals surface area (Å²) < 4.78 is 1.69. The number of fused-ring (bicyclic) bond motifs is 1. The maximum absolute atomic E-state index is 13.1. The predicted molar refractivity (Wildman–Crippen MR) is 100 cm³/mol. The predicted octanol–water partition coefficient (Wildman–Crippen LogP) is 2.46. The number of hydrogen-bond acceptors (Lipinski definition) is 4. The molecule has 0 radical (unpaired) electrons. The summed E-state index contributed by atoms with van der Waals surface area (Å²) >= 11 is 0. The molecule has 3 heterocycles. The van der Waals surface area contributed by atoms with Crippen molar-refractivity contribution in [2.75, 3.05) is 13.6 Å². The van der Waals surface area contributed by atoms with Crippen molar-refractivity contribution in [2.45, 2.75) is 25.3 Å². The number of likely N-dealkylation sites (tertiary alicyclic amines) is 1. The lowest BCUT2D eigenvalue weighted by molar-refractivity contribution is 0.0603. The Balaban J connectivity index is 1.75. The van der Waals surface area contributed by atoms with Crippen molar-refractivity contribution >= 4 is 17.5 Å². The summed E-state index contributed by atoms with van der Waals surface area (Å²) in [6, 6.07) is 11.1. The van der Waals surface area contributed by atoms with E-state index in [1.807, 2.05) is 41.3 Å². The molecule has 2 amide bonds. The molecule has 4 rings (SSSR count). The minimum Gasteiger partial charge on any atom is -0.355 e. The first-order chi connectivity index (χ1) is 13.2. The van der Waals surface area contributed by atoms with E-state index in [-0.39, 0.29) is 17.9 Å². The van der Waals surface area contributed by atoms with Crippen molar-refractivity contribution in [3.8, 4) is 0 Å². The lowest BCUT2D eigenvalue weighted by atomic mass is 9.97. The van der Waals surface area contributed by atoms with Crippen LogP contribution in [0.5, 0.6) is 0 Å². The molecule has 0 aliphatic carbocycles. The van der Waals surface area contributed by atoms with E-state index in [1.54, 1.807) is 17.8 Å². The van der Waals surface area contributed by atoms with Gasteiger partial charge in [-0.1, -0.05) is 18.2 Å². The third-order valence-electron chi connectivity index (χ3n) is 5.03. The molecule has 1 aliphatic rings. The molecule has 0 saturated carbocycles. The van der Waals surface area contributed by atoms with Gasteiger partial charge in [-0.05, 0) is 37.5 Å². The number of carbonyl (C=O) groups is 2. The van der Waals surface area contributed by atoms with Crippen LogP contribution >= 0.6 is 0 Å². The van der Waals surface area contributed by atoms with Crippen molar-refractivity contribution < 1.29 is 9.59 Å². The van der Waals surface area contributed by atoms with Crippen LogP contribution in [-0.4, -0.2) is 44.9 Å². The molecular weight excluding hydrogens is 342 g/mol. The zero-order valence-electron chi connectivity index (χ0n) is 15.1. The summed E-state index contributed by atoms with van der Waals surface area (Å²) in [6.07, 6.45) is 6.07. The van der Waals surface area contributed by atoms with E-state index >= 15 is 0 Å². The van der Waals surface area contributed by atoms with Crippen LogP contribution in [0.25, 0.3) is 5.65 Å². The Kier molecular flexibility index (Phi) is 4.58. The number of piperidine rings is 1. The highest BCUT2D eigenvalue weighted by Crippen LogP contribution is 2.32. The Labute approximate surface area is 157 Å². The van der Waals surface area contributed by atoms with Crippen LogP contribution in [0.4, 0.5) is 0 Å². The molecule has 1 saturated heterocycles. The maximum Gasteiger partial charge on any atom is 0.256 e. The SMILES string of the molecule is CNC(=O)c1cnn2c([C@H]3CCCCN3C(=O)c3ccccc3)ccnc12. The zero-order chi connectivity index (χ0) is 18.8. The fourth-order valence-electron chi connectivity index (χ4n) is 3.69. The van der Waals surface area contributed by atoms with Gasteiger partial charge in [0.05, 0.1) is 17.9 Å². The first-order valence-corrected chi connectivity index (χ1v) is 9.11. The summed E-state index contributed by atoms with van der Waals surface area (Å²) in [5.74, 6) is -0.209. The van der Waals surface area contributed by atoms with Gasteiger partial charge in [0.15, 0.2) is 5.65 Å². The van der Waals surface area contributed by atoms with Gasteiger partial charge in [-0.2, -0.15) is 5.10 Å². The molecule has 3 aromatic rings. The number of hydrogen-bond donors (Lipinski definition) is 1. The number of rotatable bonds is 3. The van der Waals surface area contributed by atoms with E-state index in [0.717, 1.165) is 25.0 Å². The highest BCUT2D eigenvalue weighted by molar-refractivity contribution is 5.99. The summed E-state index contributed by atoms with van der Waals surface area (Å²) in [6.45, 7) is 0.700. The normalized spacial score (nSPS) is 17.1. The number of amides is 2. The first kappa shape index (κ1) is 17.2. The van der Waals surface area contributed by atoms with Crippen molar-refractivity contribution in [3.05, 3.63) is 65.6 Å². The van der Waals surface area contributed by atoms with Gasteiger partial charge >= 0.3 is 0 Å². The standard InChI is InChI=1S/C20H21N5O2/c1-21-19(26)15-13-23-25-17(10-11-22-18(15)25)16-9-5-6-12-24(16)20(27)14-7-3-2-4-8-14/h2-4,7-8,10-11,13,16H,5-6,9,12H2,1H3,(H,21,26)/t16-/m1/s1. The van der Waals surface area contributed by atoms with Crippen LogP contribution in [-0.2, 0) is 0 Å². The molecule has 7 heteroatoms. The largest absolute Gasteiger partial charge is 0.355 e. The number of nitrogens with zero attached hydrogens (tertiary/aromatic N) is 4. The monoisotopic (exact) mass is 363 g/mol. The number of nitrogens with one attached hydrogen (secondary N) is 1. The third-order valence-corrected chi connectivity index (χ3v) is 5.03. The molecule has 138 valence electrons. The van der Waals surface area contributed by atoms with Crippen molar-refractivity contribution in [2.24, 2.45) is 0 Å². The van der Waals surface area contributed by atoms with Gasteiger partial charge in [-0.3, -0.25) is 9.59 Å². The fraction of sp³-hybridized carbons (Fsp3) is 0.300. The summed E-state index contributed by atoms with van der Waals surface area (Å²) in [7, 11) is 1.58. The lowest BCUT2D eigenvalue weighted by Crippen LogP contribution is -2.39. The van der Waals surface area contributed by atoms with Gasteiger partial charge in [0.1, 0.15) is 5.56 Å². The summed E-state index contributed by atoms with van der Waals surface area (Å²) in [5.41, 5.74) is 2.49.